The minimum Gasteiger partial charge on any atom is -0.390 e. The molecule has 1 saturated heterocycles. The molecule has 4 saturated carbocycles. The van der Waals surface area contributed by atoms with Crippen molar-refractivity contribution in [3.8, 4) is 0 Å². The van der Waals surface area contributed by atoms with Gasteiger partial charge in [-0.05, 0) is 76.2 Å². The lowest BCUT2D eigenvalue weighted by Gasteiger charge is -2.62. The van der Waals surface area contributed by atoms with Crippen LogP contribution in [-0.4, -0.2) is 35.7 Å². The van der Waals surface area contributed by atoms with Crippen LogP contribution in [0.4, 0.5) is 0 Å². The molecule has 4 aliphatic carbocycles. The van der Waals surface area contributed by atoms with Gasteiger partial charge < -0.3 is 15.7 Å². The van der Waals surface area contributed by atoms with E-state index in [2.05, 4.69) is 10.6 Å². The van der Waals surface area contributed by atoms with Crippen LogP contribution < -0.4 is 10.6 Å². The zero-order valence-electron chi connectivity index (χ0n) is 13.0. The fourth-order valence-corrected chi connectivity index (χ4v) is 5.80. The molecular weight excluding hydrogens is 264 g/mol. The van der Waals surface area contributed by atoms with Crippen molar-refractivity contribution >= 4 is 5.91 Å². The maximum absolute atomic E-state index is 13.0. The van der Waals surface area contributed by atoms with Gasteiger partial charge in [0, 0.05) is 12.6 Å². The Balaban J connectivity index is 1.51. The lowest BCUT2D eigenvalue weighted by atomic mass is 9.44. The Morgan fingerprint density at radius 2 is 1.95 bits per heavy atom. The predicted octanol–water partition coefficient (Wildman–Crippen LogP) is 1.43. The number of nitrogens with one attached hydrogen (secondary N) is 2. The molecule has 0 aromatic carbocycles. The summed E-state index contributed by atoms with van der Waals surface area (Å²) < 4.78 is 0. The van der Waals surface area contributed by atoms with E-state index in [4.69, 9.17) is 0 Å². The molecule has 5 fully saturated rings. The van der Waals surface area contributed by atoms with Gasteiger partial charge in [-0.1, -0.05) is 0 Å². The van der Waals surface area contributed by atoms with Crippen LogP contribution in [0.3, 0.4) is 0 Å². The topological polar surface area (TPSA) is 61.4 Å². The fraction of sp³-hybridized carbons (Fsp3) is 0.941. The number of amides is 1. The summed E-state index contributed by atoms with van der Waals surface area (Å²) >= 11 is 0. The van der Waals surface area contributed by atoms with E-state index in [0.29, 0.717) is 23.8 Å². The van der Waals surface area contributed by atoms with Gasteiger partial charge in [0.05, 0.1) is 11.0 Å². The summed E-state index contributed by atoms with van der Waals surface area (Å²) in [6.07, 6.45) is 7.37. The highest BCUT2D eigenvalue weighted by Crippen LogP contribution is 2.63. The van der Waals surface area contributed by atoms with Gasteiger partial charge in [-0.25, -0.2) is 0 Å². The van der Waals surface area contributed by atoms with Gasteiger partial charge >= 0.3 is 0 Å². The van der Waals surface area contributed by atoms with Crippen molar-refractivity contribution in [2.75, 3.05) is 13.1 Å². The lowest BCUT2D eigenvalue weighted by molar-refractivity contribution is -0.196. The Morgan fingerprint density at radius 3 is 2.57 bits per heavy atom. The standard InChI is InChI=1S/C17H28N2O2/c1-16(21)12-5-11-6-13(16)9-17(7-11,8-12)15(20)19-14-3-2-4-18-10-14/h11-14,18,21H,2-10H2,1H3,(H,19,20). The first-order valence-corrected chi connectivity index (χ1v) is 8.74. The first-order valence-electron chi connectivity index (χ1n) is 8.74. The van der Waals surface area contributed by atoms with Crippen LogP contribution in [0.1, 0.15) is 51.9 Å². The third-order valence-corrected chi connectivity index (χ3v) is 6.96. The highest BCUT2D eigenvalue weighted by molar-refractivity contribution is 5.83. The number of carbonyl (C=O) groups is 1. The summed E-state index contributed by atoms with van der Waals surface area (Å²) in [7, 11) is 0. The van der Waals surface area contributed by atoms with Crippen molar-refractivity contribution in [2.45, 2.75) is 63.5 Å². The largest absolute Gasteiger partial charge is 0.390 e. The predicted molar refractivity (Wildman–Crippen MR) is 80.6 cm³/mol. The van der Waals surface area contributed by atoms with Crippen molar-refractivity contribution in [3.05, 3.63) is 0 Å². The van der Waals surface area contributed by atoms with Crippen molar-refractivity contribution in [1.82, 2.24) is 10.6 Å². The van der Waals surface area contributed by atoms with Crippen LogP contribution in [0.5, 0.6) is 0 Å². The molecule has 4 nitrogen and oxygen atoms in total. The second-order valence-electron chi connectivity index (χ2n) is 8.37. The molecule has 0 spiro atoms. The normalized spacial score (nSPS) is 51.9. The van der Waals surface area contributed by atoms with Crippen LogP contribution >= 0.6 is 0 Å². The fourth-order valence-electron chi connectivity index (χ4n) is 5.80. The maximum Gasteiger partial charge on any atom is 0.226 e. The molecule has 3 unspecified atom stereocenters. The summed E-state index contributed by atoms with van der Waals surface area (Å²) in [5.41, 5.74) is -0.705. The van der Waals surface area contributed by atoms with Gasteiger partial charge in [0.15, 0.2) is 0 Å². The average molecular weight is 292 g/mol. The van der Waals surface area contributed by atoms with E-state index in [1.54, 1.807) is 0 Å². The van der Waals surface area contributed by atoms with E-state index >= 15 is 0 Å². The van der Waals surface area contributed by atoms with E-state index in [9.17, 15) is 9.90 Å². The molecule has 3 atom stereocenters. The highest BCUT2D eigenvalue weighted by atomic mass is 16.3. The third-order valence-electron chi connectivity index (χ3n) is 6.96. The molecule has 4 heteroatoms. The van der Waals surface area contributed by atoms with Gasteiger partial charge in [-0.3, -0.25) is 4.79 Å². The van der Waals surface area contributed by atoms with Gasteiger partial charge in [0.1, 0.15) is 0 Å². The Morgan fingerprint density at radius 1 is 1.24 bits per heavy atom. The second kappa shape index (κ2) is 4.69. The molecule has 1 aliphatic heterocycles. The third kappa shape index (κ3) is 2.14. The lowest BCUT2D eigenvalue weighted by Crippen LogP contribution is -2.64. The van der Waals surface area contributed by atoms with Crippen LogP contribution in [0.25, 0.3) is 0 Å². The summed E-state index contributed by atoms with van der Waals surface area (Å²) in [4.78, 5) is 13.0. The van der Waals surface area contributed by atoms with Gasteiger partial charge in [-0.15, -0.1) is 0 Å². The van der Waals surface area contributed by atoms with E-state index < -0.39 is 5.60 Å². The number of piperidine rings is 1. The average Bonchev–Trinajstić information content (AvgIpc) is 2.45. The molecule has 0 aromatic rings. The quantitative estimate of drug-likeness (QED) is 0.721. The number of hydrogen-bond donors (Lipinski definition) is 3. The number of carbonyl (C=O) groups excluding carboxylic acids is 1. The van der Waals surface area contributed by atoms with Crippen LogP contribution in [0, 0.1) is 23.2 Å². The van der Waals surface area contributed by atoms with Gasteiger partial charge in [-0.2, -0.15) is 0 Å². The molecule has 21 heavy (non-hydrogen) atoms. The first kappa shape index (κ1) is 14.0. The van der Waals surface area contributed by atoms with E-state index in [1.165, 1.54) is 0 Å². The van der Waals surface area contributed by atoms with Gasteiger partial charge in [0.2, 0.25) is 5.91 Å². The Labute approximate surface area is 127 Å². The maximum atomic E-state index is 13.0. The van der Waals surface area contributed by atoms with Crippen molar-refractivity contribution in [1.29, 1.82) is 0 Å². The molecule has 1 heterocycles. The second-order valence-corrected chi connectivity index (χ2v) is 8.37. The zero-order chi connectivity index (χ0) is 14.7. The smallest absolute Gasteiger partial charge is 0.226 e. The summed E-state index contributed by atoms with van der Waals surface area (Å²) in [6, 6.07) is 0.305. The molecule has 118 valence electrons. The Kier molecular flexibility index (Phi) is 3.13. The molecule has 1 amide bonds. The van der Waals surface area contributed by atoms with Crippen LogP contribution in [0.2, 0.25) is 0 Å². The summed E-state index contributed by atoms with van der Waals surface area (Å²) in [5, 5.41) is 17.5. The van der Waals surface area contributed by atoms with Crippen molar-refractivity contribution < 1.29 is 9.90 Å². The van der Waals surface area contributed by atoms with E-state index in [-0.39, 0.29) is 11.3 Å². The zero-order valence-corrected chi connectivity index (χ0v) is 13.0. The molecule has 5 aliphatic rings. The minimum absolute atomic E-state index is 0.170. The van der Waals surface area contributed by atoms with Gasteiger partial charge in [0.25, 0.3) is 0 Å². The molecular formula is C17H28N2O2. The monoisotopic (exact) mass is 292 g/mol. The molecule has 3 N–H and O–H groups in total. The molecule has 5 rings (SSSR count). The summed E-state index contributed by atoms with van der Waals surface area (Å²) in [5.74, 6) is 1.61. The van der Waals surface area contributed by atoms with Crippen molar-refractivity contribution in [3.63, 3.8) is 0 Å². The van der Waals surface area contributed by atoms with Crippen LogP contribution in [-0.2, 0) is 4.79 Å². The van der Waals surface area contributed by atoms with Crippen LogP contribution in [0.15, 0.2) is 0 Å². The van der Waals surface area contributed by atoms with E-state index in [1.807, 2.05) is 6.92 Å². The number of hydrogen-bond acceptors (Lipinski definition) is 3. The SMILES string of the molecule is CC1(O)C2CC3CC1CC(C(=O)NC1CCCNC1)(C3)C2. The first-order chi connectivity index (χ1) is 9.99. The highest BCUT2D eigenvalue weighted by Gasteiger charge is 2.62. The van der Waals surface area contributed by atoms with E-state index in [0.717, 1.165) is 58.0 Å². The minimum atomic E-state index is -0.535. The molecule has 0 radical (unpaired) electrons. The summed E-state index contributed by atoms with van der Waals surface area (Å²) in [6.45, 7) is 4.00. The molecule has 0 aromatic heterocycles. The molecule has 4 bridgehead atoms. The van der Waals surface area contributed by atoms with Crippen molar-refractivity contribution in [2.24, 2.45) is 23.2 Å². The number of aliphatic hydroxyl groups is 1. The Hall–Kier alpha value is -0.610. The Bertz CT molecular complexity index is 424. The number of rotatable bonds is 2.